The van der Waals surface area contributed by atoms with Crippen molar-refractivity contribution in [1.82, 2.24) is 10.2 Å². The van der Waals surface area contributed by atoms with E-state index in [1.54, 1.807) is 14.2 Å². The Labute approximate surface area is 127 Å². The number of methoxy groups -OCH3 is 2. The number of rotatable bonds is 6. The Morgan fingerprint density at radius 3 is 2.67 bits per heavy atom. The molecule has 1 atom stereocenters. The molecule has 5 nitrogen and oxygen atoms in total. The summed E-state index contributed by atoms with van der Waals surface area (Å²) in [4.78, 5) is 2.31. The highest BCUT2D eigenvalue weighted by atomic mass is 16.5. The van der Waals surface area contributed by atoms with E-state index < -0.39 is 0 Å². The lowest BCUT2D eigenvalue weighted by Gasteiger charge is -2.46. The summed E-state index contributed by atoms with van der Waals surface area (Å²) in [6.07, 6.45) is 1.07. The van der Waals surface area contributed by atoms with Crippen LogP contribution in [0.4, 0.5) is 0 Å². The molecule has 1 fully saturated rings. The van der Waals surface area contributed by atoms with E-state index in [1.165, 1.54) is 0 Å². The van der Waals surface area contributed by atoms with E-state index in [1.807, 2.05) is 12.1 Å². The third kappa shape index (κ3) is 3.15. The van der Waals surface area contributed by atoms with Gasteiger partial charge >= 0.3 is 0 Å². The lowest BCUT2D eigenvalue weighted by Crippen LogP contribution is -2.61. The highest BCUT2D eigenvalue weighted by molar-refractivity contribution is 5.45. The van der Waals surface area contributed by atoms with Gasteiger partial charge in [0.15, 0.2) is 11.5 Å². The molecule has 0 aromatic heterocycles. The highest BCUT2D eigenvalue weighted by Crippen LogP contribution is 2.35. The first-order valence-corrected chi connectivity index (χ1v) is 7.44. The minimum Gasteiger partial charge on any atom is -0.493 e. The summed E-state index contributed by atoms with van der Waals surface area (Å²) in [5.41, 5.74) is 0.823. The average molecular weight is 294 g/mol. The van der Waals surface area contributed by atoms with Crippen molar-refractivity contribution in [1.29, 1.82) is 0 Å². The minimum atomic E-state index is -0.312. The largest absolute Gasteiger partial charge is 0.493 e. The molecule has 0 amide bonds. The molecule has 1 saturated heterocycles. The normalized spacial score (nSPS) is 23.0. The summed E-state index contributed by atoms with van der Waals surface area (Å²) in [5.74, 6) is 1.48. The molecule has 1 N–H and O–H groups in total. The van der Waals surface area contributed by atoms with E-state index in [2.05, 4.69) is 30.3 Å². The summed E-state index contributed by atoms with van der Waals surface area (Å²) in [5, 5.41) is 3.64. The molecule has 1 aliphatic heterocycles. The highest BCUT2D eigenvalue weighted by Gasteiger charge is 2.39. The number of hydrogen-bond acceptors (Lipinski definition) is 5. The molecule has 2 rings (SSSR count). The van der Waals surface area contributed by atoms with Crippen LogP contribution in [0.5, 0.6) is 11.5 Å². The number of hydrogen-bond donors (Lipinski definition) is 1. The molecule has 118 valence electrons. The van der Waals surface area contributed by atoms with Gasteiger partial charge < -0.3 is 14.2 Å². The van der Waals surface area contributed by atoms with Gasteiger partial charge in [-0.3, -0.25) is 10.2 Å². The van der Waals surface area contributed by atoms with Crippen molar-refractivity contribution in [2.45, 2.75) is 19.0 Å². The number of benzene rings is 1. The topological polar surface area (TPSA) is 43.0 Å². The zero-order chi connectivity index (χ0) is 15.3. The lowest BCUT2D eigenvalue weighted by molar-refractivity contribution is -0.0780. The fourth-order valence-corrected chi connectivity index (χ4v) is 2.74. The van der Waals surface area contributed by atoms with Crippen LogP contribution in [0.1, 0.15) is 18.9 Å². The minimum absolute atomic E-state index is 0.312. The van der Waals surface area contributed by atoms with Gasteiger partial charge in [-0.25, -0.2) is 0 Å². The van der Waals surface area contributed by atoms with Crippen LogP contribution in [0.25, 0.3) is 0 Å². The van der Waals surface area contributed by atoms with E-state index in [4.69, 9.17) is 14.2 Å². The van der Waals surface area contributed by atoms with Crippen LogP contribution in [0.3, 0.4) is 0 Å². The van der Waals surface area contributed by atoms with Crippen molar-refractivity contribution in [3.63, 3.8) is 0 Å². The van der Waals surface area contributed by atoms with Crippen LogP contribution in [-0.4, -0.2) is 52.5 Å². The predicted molar refractivity (Wildman–Crippen MR) is 83.0 cm³/mol. The maximum atomic E-state index is 5.76. The van der Waals surface area contributed by atoms with Gasteiger partial charge in [0, 0.05) is 6.54 Å². The van der Waals surface area contributed by atoms with Gasteiger partial charge in [0.25, 0.3) is 0 Å². The molecule has 21 heavy (non-hydrogen) atoms. The smallest absolute Gasteiger partial charge is 0.161 e. The average Bonchev–Trinajstić information content (AvgIpc) is 2.53. The SMILES string of the molecule is CCCNC1(c2ccc(OC)c(OC)c2)COCCN1C. The Bertz CT molecular complexity index is 467. The third-order valence-electron chi connectivity index (χ3n) is 4.06. The van der Waals surface area contributed by atoms with E-state index in [9.17, 15) is 0 Å². The molecular formula is C16H26N2O3. The standard InChI is InChI=1S/C16H26N2O3/c1-5-8-17-16(12-21-10-9-18(16)2)13-6-7-14(19-3)15(11-13)20-4/h6-7,11,17H,5,8-10,12H2,1-4H3. The molecule has 5 heteroatoms. The fraction of sp³-hybridized carbons (Fsp3) is 0.625. The maximum Gasteiger partial charge on any atom is 0.161 e. The van der Waals surface area contributed by atoms with Crippen molar-refractivity contribution >= 4 is 0 Å². The molecule has 0 bridgehead atoms. The van der Waals surface area contributed by atoms with Gasteiger partial charge in [-0.1, -0.05) is 13.0 Å². The van der Waals surface area contributed by atoms with Crippen LogP contribution in [0, 0.1) is 0 Å². The van der Waals surface area contributed by atoms with Crippen molar-refractivity contribution in [3.05, 3.63) is 23.8 Å². The van der Waals surface area contributed by atoms with Crippen LogP contribution >= 0.6 is 0 Å². The van der Waals surface area contributed by atoms with Gasteiger partial charge in [-0.2, -0.15) is 0 Å². The predicted octanol–water partition coefficient (Wildman–Crippen LogP) is 1.82. The second-order valence-corrected chi connectivity index (χ2v) is 5.33. The Hall–Kier alpha value is -1.30. The number of likely N-dealkylation sites (N-methyl/N-ethyl adjacent to an activating group) is 1. The van der Waals surface area contributed by atoms with Gasteiger partial charge in [-0.05, 0) is 37.7 Å². The second kappa shape index (κ2) is 7.11. The third-order valence-corrected chi connectivity index (χ3v) is 4.06. The quantitative estimate of drug-likeness (QED) is 0.867. The van der Waals surface area contributed by atoms with Gasteiger partial charge in [-0.15, -0.1) is 0 Å². The summed E-state index contributed by atoms with van der Waals surface area (Å²) >= 11 is 0. The first-order valence-electron chi connectivity index (χ1n) is 7.44. The van der Waals surface area contributed by atoms with Gasteiger partial charge in [0.05, 0.1) is 27.4 Å². The van der Waals surface area contributed by atoms with E-state index in [-0.39, 0.29) is 5.66 Å². The molecule has 1 heterocycles. The van der Waals surface area contributed by atoms with Crippen molar-refractivity contribution in [2.75, 3.05) is 47.6 Å². The van der Waals surface area contributed by atoms with Crippen LogP contribution in [-0.2, 0) is 10.4 Å². The number of nitrogens with one attached hydrogen (secondary N) is 1. The van der Waals surface area contributed by atoms with Crippen molar-refractivity contribution < 1.29 is 14.2 Å². The Morgan fingerprint density at radius 2 is 2.05 bits per heavy atom. The van der Waals surface area contributed by atoms with Crippen molar-refractivity contribution in [2.24, 2.45) is 0 Å². The van der Waals surface area contributed by atoms with Gasteiger partial charge in [0.2, 0.25) is 0 Å². The molecular weight excluding hydrogens is 268 g/mol. The number of nitrogens with zero attached hydrogens (tertiary/aromatic N) is 1. The summed E-state index contributed by atoms with van der Waals surface area (Å²) < 4.78 is 16.5. The molecule has 1 unspecified atom stereocenters. The zero-order valence-corrected chi connectivity index (χ0v) is 13.4. The first kappa shape index (κ1) is 16.1. The molecule has 0 spiro atoms. The lowest BCUT2D eigenvalue weighted by atomic mass is 9.96. The second-order valence-electron chi connectivity index (χ2n) is 5.33. The van der Waals surface area contributed by atoms with Crippen LogP contribution in [0.2, 0.25) is 0 Å². The van der Waals surface area contributed by atoms with Crippen LogP contribution in [0.15, 0.2) is 18.2 Å². The summed E-state index contributed by atoms with van der Waals surface area (Å²) in [7, 11) is 5.44. The molecule has 0 aliphatic carbocycles. The summed E-state index contributed by atoms with van der Waals surface area (Å²) in [6.45, 7) is 5.38. The molecule has 1 aromatic rings. The van der Waals surface area contributed by atoms with E-state index in [0.717, 1.165) is 43.2 Å². The molecule has 0 saturated carbocycles. The van der Waals surface area contributed by atoms with E-state index >= 15 is 0 Å². The van der Waals surface area contributed by atoms with E-state index in [0.29, 0.717) is 6.61 Å². The Morgan fingerprint density at radius 1 is 1.29 bits per heavy atom. The molecule has 1 aromatic carbocycles. The number of morpholine rings is 1. The first-order chi connectivity index (χ1) is 10.2. The maximum absolute atomic E-state index is 5.76. The Balaban J connectivity index is 2.40. The summed E-state index contributed by atoms with van der Waals surface area (Å²) in [6, 6.07) is 6.06. The molecule has 0 radical (unpaired) electrons. The monoisotopic (exact) mass is 294 g/mol. The molecule has 1 aliphatic rings. The number of ether oxygens (including phenoxy) is 3. The van der Waals surface area contributed by atoms with Crippen molar-refractivity contribution in [3.8, 4) is 11.5 Å². The van der Waals surface area contributed by atoms with Gasteiger partial charge in [0.1, 0.15) is 5.66 Å². The fourth-order valence-electron chi connectivity index (χ4n) is 2.74. The van der Waals surface area contributed by atoms with Crippen LogP contribution < -0.4 is 14.8 Å². The Kier molecular flexibility index (Phi) is 5.45. The zero-order valence-electron chi connectivity index (χ0n) is 13.4.